The maximum atomic E-state index is 11.5. The van der Waals surface area contributed by atoms with E-state index in [-0.39, 0.29) is 12.6 Å². The van der Waals surface area contributed by atoms with Crippen LogP contribution in [0.15, 0.2) is 24.3 Å². The van der Waals surface area contributed by atoms with Crippen LogP contribution in [-0.4, -0.2) is 12.5 Å². The molecule has 0 saturated heterocycles. The zero-order chi connectivity index (χ0) is 13.2. The Bertz CT molecular complexity index is 369. The van der Waals surface area contributed by atoms with Gasteiger partial charge < -0.3 is 10.5 Å². The lowest BCUT2D eigenvalue weighted by Gasteiger charge is -2.06. The lowest BCUT2D eigenvalue weighted by Crippen LogP contribution is -2.05. The minimum atomic E-state index is -0.164. The van der Waals surface area contributed by atoms with Gasteiger partial charge in [-0.3, -0.25) is 4.79 Å². The smallest absolute Gasteiger partial charge is 0.306 e. The first-order chi connectivity index (χ1) is 8.74. The molecular formula is C14H20ClNO2. The number of hydrogen-bond acceptors (Lipinski definition) is 3. The molecule has 100 valence electrons. The van der Waals surface area contributed by atoms with Gasteiger partial charge in [-0.05, 0) is 25.5 Å². The first-order valence-corrected chi connectivity index (χ1v) is 6.71. The van der Waals surface area contributed by atoms with E-state index in [4.69, 9.17) is 22.1 Å². The first kappa shape index (κ1) is 15.0. The number of ether oxygens (including phenoxy) is 1. The number of benzene rings is 1. The van der Waals surface area contributed by atoms with Gasteiger partial charge in [0.15, 0.2) is 0 Å². The molecule has 0 aliphatic carbocycles. The van der Waals surface area contributed by atoms with E-state index in [1.54, 1.807) is 6.07 Å². The number of halogens is 1. The van der Waals surface area contributed by atoms with E-state index in [1.807, 2.05) is 18.2 Å². The van der Waals surface area contributed by atoms with Crippen molar-refractivity contribution >= 4 is 17.6 Å². The Labute approximate surface area is 113 Å². The number of rotatable bonds is 8. The van der Waals surface area contributed by atoms with E-state index in [1.165, 1.54) is 0 Å². The molecule has 0 fully saturated rings. The summed E-state index contributed by atoms with van der Waals surface area (Å²) >= 11 is 5.97. The van der Waals surface area contributed by atoms with E-state index < -0.39 is 0 Å². The molecule has 0 unspecified atom stereocenters. The maximum absolute atomic E-state index is 11.5. The second kappa shape index (κ2) is 8.95. The molecule has 18 heavy (non-hydrogen) atoms. The van der Waals surface area contributed by atoms with Crippen LogP contribution < -0.4 is 5.73 Å². The van der Waals surface area contributed by atoms with Crippen LogP contribution in [0, 0.1) is 0 Å². The fourth-order valence-electron chi connectivity index (χ4n) is 1.61. The molecule has 2 N–H and O–H groups in total. The summed E-state index contributed by atoms with van der Waals surface area (Å²) in [6.07, 6.45) is 4.46. The van der Waals surface area contributed by atoms with Crippen LogP contribution in [0.5, 0.6) is 0 Å². The summed E-state index contributed by atoms with van der Waals surface area (Å²) in [6.45, 7) is 0.970. The SMILES string of the molecule is NCCCCCCC(=O)OCc1ccccc1Cl. The third kappa shape index (κ3) is 6.03. The number of unbranched alkanes of at least 4 members (excludes halogenated alkanes) is 3. The standard InChI is InChI=1S/C14H20ClNO2/c15-13-8-5-4-7-12(13)11-18-14(17)9-3-1-2-6-10-16/h4-5,7-8H,1-3,6,9-11,16H2. The van der Waals surface area contributed by atoms with Gasteiger partial charge in [0.2, 0.25) is 0 Å². The summed E-state index contributed by atoms with van der Waals surface area (Å²) in [4.78, 5) is 11.5. The predicted octanol–water partition coefficient (Wildman–Crippen LogP) is 3.29. The van der Waals surface area contributed by atoms with Crippen molar-refractivity contribution in [2.75, 3.05) is 6.54 Å². The zero-order valence-corrected chi connectivity index (χ0v) is 11.3. The summed E-state index contributed by atoms with van der Waals surface area (Å²) in [6, 6.07) is 7.38. The average molecular weight is 270 g/mol. The molecule has 0 amide bonds. The van der Waals surface area contributed by atoms with E-state index >= 15 is 0 Å². The van der Waals surface area contributed by atoms with Crippen LogP contribution in [0.2, 0.25) is 5.02 Å². The molecule has 0 atom stereocenters. The van der Waals surface area contributed by atoms with Crippen molar-refractivity contribution in [3.63, 3.8) is 0 Å². The Morgan fingerprint density at radius 1 is 1.17 bits per heavy atom. The predicted molar refractivity (Wildman–Crippen MR) is 73.4 cm³/mol. The monoisotopic (exact) mass is 269 g/mol. The molecule has 0 heterocycles. The van der Waals surface area contributed by atoms with Crippen LogP contribution in [0.4, 0.5) is 0 Å². The fourth-order valence-corrected chi connectivity index (χ4v) is 1.80. The van der Waals surface area contributed by atoms with Crippen LogP contribution in [0.3, 0.4) is 0 Å². The summed E-state index contributed by atoms with van der Waals surface area (Å²) in [5.74, 6) is -0.164. The summed E-state index contributed by atoms with van der Waals surface area (Å²) in [7, 11) is 0. The van der Waals surface area contributed by atoms with E-state index in [0.717, 1.165) is 37.8 Å². The summed E-state index contributed by atoms with van der Waals surface area (Å²) in [5.41, 5.74) is 6.24. The number of carbonyl (C=O) groups excluding carboxylic acids is 1. The topological polar surface area (TPSA) is 52.3 Å². The third-order valence-corrected chi connectivity index (χ3v) is 3.05. The van der Waals surface area contributed by atoms with Gasteiger partial charge in [-0.25, -0.2) is 0 Å². The molecule has 0 bridgehead atoms. The van der Waals surface area contributed by atoms with E-state index in [2.05, 4.69) is 0 Å². The molecule has 1 aromatic carbocycles. The van der Waals surface area contributed by atoms with Gasteiger partial charge in [-0.2, -0.15) is 0 Å². The molecule has 0 spiro atoms. The number of hydrogen-bond donors (Lipinski definition) is 1. The number of esters is 1. The summed E-state index contributed by atoms with van der Waals surface area (Å²) < 4.78 is 5.17. The van der Waals surface area contributed by atoms with Gasteiger partial charge >= 0.3 is 5.97 Å². The quantitative estimate of drug-likeness (QED) is 0.582. The highest BCUT2D eigenvalue weighted by atomic mass is 35.5. The Morgan fingerprint density at radius 2 is 1.89 bits per heavy atom. The van der Waals surface area contributed by atoms with Crippen molar-refractivity contribution in [2.24, 2.45) is 5.73 Å². The fraction of sp³-hybridized carbons (Fsp3) is 0.500. The highest BCUT2D eigenvalue weighted by Gasteiger charge is 2.05. The van der Waals surface area contributed by atoms with Crippen LogP contribution in [0.1, 0.15) is 37.7 Å². The van der Waals surface area contributed by atoms with Gasteiger partial charge in [-0.1, -0.05) is 42.6 Å². The van der Waals surface area contributed by atoms with Crippen molar-refractivity contribution in [1.29, 1.82) is 0 Å². The Balaban J connectivity index is 2.15. The van der Waals surface area contributed by atoms with Gasteiger partial charge in [-0.15, -0.1) is 0 Å². The van der Waals surface area contributed by atoms with Crippen LogP contribution in [0.25, 0.3) is 0 Å². The molecule has 1 rings (SSSR count). The molecular weight excluding hydrogens is 250 g/mol. The summed E-state index contributed by atoms with van der Waals surface area (Å²) in [5, 5.41) is 0.633. The molecule has 0 aromatic heterocycles. The second-order valence-corrected chi connectivity index (χ2v) is 4.61. The van der Waals surface area contributed by atoms with Gasteiger partial charge in [0, 0.05) is 17.0 Å². The zero-order valence-electron chi connectivity index (χ0n) is 10.5. The highest BCUT2D eigenvalue weighted by molar-refractivity contribution is 6.31. The first-order valence-electron chi connectivity index (χ1n) is 6.33. The molecule has 0 radical (unpaired) electrons. The van der Waals surface area contributed by atoms with Gasteiger partial charge in [0.25, 0.3) is 0 Å². The second-order valence-electron chi connectivity index (χ2n) is 4.20. The van der Waals surface area contributed by atoms with Crippen LogP contribution >= 0.6 is 11.6 Å². The van der Waals surface area contributed by atoms with Crippen molar-refractivity contribution in [3.05, 3.63) is 34.9 Å². The van der Waals surface area contributed by atoms with E-state index in [0.29, 0.717) is 11.4 Å². The van der Waals surface area contributed by atoms with Crippen LogP contribution in [-0.2, 0) is 16.1 Å². The lowest BCUT2D eigenvalue weighted by molar-refractivity contribution is -0.145. The molecule has 4 heteroatoms. The van der Waals surface area contributed by atoms with Crippen molar-refractivity contribution in [2.45, 2.75) is 38.7 Å². The molecule has 0 saturated carbocycles. The third-order valence-electron chi connectivity index (χ3n) is 2.68. The average Bonchev–Trinajstić information content (AvgIpc) is 2.37. The highest BCUT2D eigenvalue weighted by Crippen LogP contribution is 2.16. The molecule has 0 aliphatic rings. The normalized spacial score (nSPS) is 10.3. The molecule has 3 nitrogen and oxygen atoms in total. The lowest BCUT2D eigenvalue weighted by atomic mass is 10.1. The van der Waals surface area contributed by atoms with Gasteiger partial charge in [0.1, 0.15) is 6.61 Å². The molecule has 1 aromatic rings. The minimum absolute atomic E-state index is 0.164. The van der Waals surface area contributed by atoms with E-state index in [9.17, 15) is 4.79 Å². The van der Waals surface area contributed by atoms with Crippen molar-refractivity contribution in [1.82, 2.24) is 0 Å². The molecule has 0 aliphatic heterocycles. The van der Waals surface area contributed by atoms with Crippen molar-refractivity contribution in [3.8, 4) is 0 Å². The maximum Gasteiger partial charge on any atom is 0.306 e. The Morgan fingerprint density at radius 3 is 2.61 bits per heavy atom. The largest absolute Gasteiger partial charge is 0.461 e. The number of carbonyl (C=O) groups is 1. The number of nitrogens with two attached hydrogens (primary N) is 1. The van der Waals surface area contributed by atoms with Crippen molar-refractivity contribution < 1.29 is 9.53 Å². The Kier molecular flexibility index (Phi) is 7.46. The Hall–Kier alpha value is -1.06. The minimum Gasteiger partial charge on any atom is -0.461 e. The van der Waals surface area contributed by atoms with Gasteiger partial charge in [0.05, 0.1) is 0 Å².